The van der Waals surface area contributed by atoms with Crippen molar-refractivity contribution < 1.29 is 22.4 Å². The first-order valence-corrected chi connectivity index (χ1v) is 8.94. The zero-order valence-corrected chi connectivity index (χ0v) is 15.7. The van der Waals surface area contributed by atoms with Crippen LogP contribution in [-0.4, -0.2) is 15.5 Å². The van der Waals surface area contributed by atoms with Crippen molar-refractivity contribution in [3.8, 4) is 11.3 Å². The van der Waals surface area contributed by atoms with Crippen molar-refractivity contribution in [2.45, 2.75) is 6.18 Å². The summed E-state index contributed by atoms with van der Waals surface area (Å²) in [6.45, 7) is 0. The van der Waals surface area contributed by atoms with Crippen LogP contribution in [0.3, 0.4) is 0 Å². The molecule has 2 aromatic heterocycles. The Morgan fingerprint density at radius 2 is 1.73 bits per heavy atom. The highest BCUT2D eigenvalue weighted by Crippen LogP contribution is 2.34. The second-order valence-corrected chi connectivity index (χ2v) is 6.71. The number of pyridine rings is 1. The molecular formula is C22H15F4N3O. The van der Waals surface area contributed by atoms with Crippen LogP contribution in [-0.2, 0) is 13.2 Å². The molecule has 4 aromatic rings. The molecule has 0 bridgehead atoms. The minimum atomic E-state index is -4.46. The number of amides is 1. The lowest BCUT2D eigenvalue weighted by atomic mass is 10.1. The molecule has 0 saturated carbocycles. The molecule has 1 N–H and O–H groups in total. The van der Waals surface area contributed by atoms with E-state index in [4.69, 9.17) is 0 Å². The van der Waals surface area contributed by atoms with Gasteiger partial charge in [0.15, 0.2) is 0 Å². The fraction of sp³-hybridized carbons (Fsp3) is 0.0909. The van der Waals surface area contributed by atoms with E-state index < -0.39 is 23.6 Å². The van der Waals surface area contributed by atoms with Crippen molar-refractivity contribution in [1.82, 2.24) is 9.55 Å². The van der Waals surface area contributed by atoms with Gasteiger partial charge in [0.2, 0.25) is 5.95 Å². The fourth-order valence-corrected chi connectivity index (χ4v) is 3.26. The summed E-state index contributed by atoms with van der Waals surface area (Å²) in [4.78, 5) is 16.0. The molecule has 152 valence electrons. The van der Waals surface area contributed by atoms with E-state index in [1.165, 1.54) is 24.3 Å². The van der Waals surface area contributed by atoms with E-state index in [0.29, 0.717) is 22.2 Å². The Kier molecular flexibility index (Phi) is 4.77. The molecule has 2 heterocycles. The third-order valence-corrected chi connectivity index (χ3v) is 4.77. The molecule has 4 nitrogen and oxygen atoms in total. The number of fused-ring (bicyclic) bond motifs is 1. The molecule has 0 aliphatic heterocycles. The van der Waals surface area contributed by atoms with E-state index in [-0.39, 0.29) is 11.4 Å². The van der Waals surface area contributed by atoms with Crippen LogP contribution in [0, 0.1) is 5.95 Å². The molecule has 30 heavy (non-hydrogen) atoms. The van der Waals surface area contributed by atoms with E-state index in [9.17, 15) is 22.4 Å². The fourth-order valence-electron chi connectivity index (χ4n) is 3.26. The van der Waals surface area contributed by atoms with Crippen molar-refractivity contribution in [3.63, 3.8) is 0 Å². The second kappa shape index (κ2) is 7.29. The highest BCUT2D eigenvalue weighted by Gasteiger charge is 2.30. The van der Waals surface area contributed by atoms with Gasteiger partial charge in [-0.3, -0.25) is 4.79 Å². The van der Waals surface area contributed by atoms with Crippen LogP contribution >= 0.6 is 0 Å². The lowest BCUT2D eigenvalue weighted by molar-refractivity contribution is -0.137. The number of aryl methyl sites for hydroxylation is 1. The molecule has 8 heteroatoms. The van der Waals surface area contributed by atoms with Crippen molar-refractivity contribution in [2.24, 2.45) is 7.05 Å². The molecule has 0 atom stereocenters. The Labute approximate surface area is 168 Å². The van der Waals surface area contributed by atoms with Crippen LogP contribution in [0.15, 0.2) is 66.7 Å². The van der Waals surface area contributed by atoms with Gasteiger partial charge in [-0.25, -0.2) is 4.98 Å². The van der Waals surface area contributed by atoms with Crippen molar-refractivity contribution in [3.05, 3.63) is 83.8 Å². The average molecular weight is 413 g/mol. The minimum absolute atomic E-state index is 0.0308. The number of nitrogens with zero attached hydrogens (tertiary/aromatic N) is 2. The number of halogens is 4. The van der Waals surface area contributed by atoms with Gasteiger partial charge in [-0.15, -0.1) is 0 Å². The van der Waals surface area contributed by atoms with E-state index in [0.717, 1.165) is 12.1 Å². The second-order valence-electron chi connectivity index (χ2n) is 6.71. The molecule has 0 saturated heterocycles. The summed E-state index contributed by atoms with van der Waals surface area (Å²) >= 11 is 0. The number of anilines is 1. The molecule has 0 aliphatic carbocycles. The lowest BCUT2D eigenvalue weighted by Gasteiger charge is -2.09. The Bertz CT molecular complexity index is 1250. The molecule has 0 radical (unpaired) electrons. The van der Waals surface area contributed by atoms with Gasteiger partial charge in [0.25, 0.3) is 5.91 Å². The van der Waals surface area contributed by atoms with Gasteiger partial charge in [0.1, 0.15) is 5.82 Å². The maximum Gasteiger partial charge on any atom is 0.416 e. The number of hydrogen-bond acceptors (Lipinski definition) is 2. The lowest BCUT2D eigenvalue weighted by Crippen LogP contribution is -2.13. The number of carbonyl (C=O) groups is 1. The van der Waals surface area contributed by atoms with Gasteiger partial charge < -0.3 is 9.88 Å². The number of aromatic nitrogens is 2. The van der Waals surface area contributed by atoms with Crippen LogP contribution in [0.4, 0.5) is 23.4 Å². The van der Waals surface area contributed by atoms with Gasteiger partial charge in [-0.1, -0.05) is 18.2 Å². The third-order valence-electron chi connectivity index (χ3n) is 4.77. The molecule has 0 aliphatic rings. The maximum atomic E-state index is 14.7. The van der Waals surface area contributed by atoms with Crippen molar-refractivity contribution in [2.75, 3.05) is 5.32 Å². The summed E-state index contributed by atoms with van der Waals surface area (Å²) in [7, 11) is 1.63. The monoisotopic (exact) mass is 413 g/mol. The van der Waals surface area contributed by atoms with Gasteiger partial charge in [0.05, 0.1) is 16.8 Å². The zero-order valence-electron chi connectivity index (χ0n) is 15.7. The van der Waals surface area contributed by atoms with E-state index >= 15 is 0 Å². The summed E-state index contributed by atoms with van der Waals surface area (Å²) in [5, 5.41) is 2.86. The summed E-state index contributed by atoms with van der Waals surface area (Å²) in [5.74, 6) is -1.24. The van der Waals surface area contributed by atoms with E-state index in [1.54, 1.807) is 41.9 Å². The molecule has 1 amide bonds. The normalized spacial score (nSPS) is 11.6. The SMILES string of the molecule is Cn1c(-c2ccc(NC(=O)c3ccccc3)nc2F)cc2cc(C(F)(F)F)ccc21. The standard InChI is InChI=1S/C22H15F4N3O/c1-29-17-9-7-15(22(24,25)26)11-14(17)12-18(29)16-8-10-19(27-20(16)23)28-21(30)13-5-3-2-4-6-13/h2-12H,1H3,(H,27,28,30). The van der Waals surface area contributed by atoms with Gasteiger partial charge in [0, 0.05) is 23.5 Å². The Hall–Kier alpha value is -3.68. The van der Waals surface area contributed by atoms with Gasteiger partial charge in [-0.2, -0.15) is 17.6 Å². The van der Waals surface area contributed by atoms with E-state index in [2.05, 4.69) is 10.3 Å². The summed E-state index contributed by atoms with van der Waals surface area (Å²) in [6, 6.07) is 16.1. The number of nitrogens with one attached hydrogen (secondary N) is 1. The number of benzene rings is 2. The van der Waals surface area contributed by atoms with Crippen LogP contribution in [0.1, 0.15) is 15.9 Å². The smallest absolute Gasteiger partial charge is 0.343 e. The van der Waals surface area contributed by atoms with Gasteiger partial charge >= 0.3 is 6.18 Å². The quantitative estimate of drug-likeness (QED) is 0.349. The third kappa shape index (κ3) is 3.63. The highest BCUT2D eigenvalue weighted by atomic mass is 19.4. The molecule has 4 rings (SSSR count). The Morgan fingerprint density at radius 3 is 2.40 bits per heavy atom. The predicted octanol–water partition coefficient (Wildman–Crippen LogP) is 5.65. The minimum Gasteiger partial charge on any atom is -0.343 e. The topological polar surface area (TPSA) is 46.9 Å². The number of carbonyl (C=O) groups excluding carboxylic acids is 1. The van der Waals surface area contributed by atoms with Crippen LogP contribution in [0.2, 0.25) is 0 Å². The molecule has 0 spiro atoms. The first-order valence-electron chi connectivity index (χ1n) is 8.94. The van der Waals surface area contributed by atoms with Crippen molar-refractivity contribution in [1.29, 1.82) is 0 Å². The molecule has 0 fully saturated rings. The number of rotatable bonds is 3. The summed E-state index contributed by atoms with van der Waals surface area (Å²) in [5.41, 5.74) is 0.636. The predicted molar refractivity (Wildman–Crippen MR) is 106 cm³/mol. The Balaban J connectivity index is 1.67. The summed E-state index contributed by atoms with van der Waals surface area (Å²) in [6.07, 6.45) is -4.46. The molecule has 0 unspecified atom stereocenters. The first kappa shape index (κ1) is 19.6. The average Bonchev–Trinajstić information content (AvgIpc) is 3.04. The zero-order chi connectivity index (χ0) is 21.5. The van der Waals surface area contributed by atoms with Crippen LogP contribution < -0.4 is 5.32 Å². The number of alkyl halides is 3. The maximum absolute atomic E-state index is 14.7. The van der Waals surface area contributed by atoms with Gasteiger partial charge in [-0.05, 0) is 48.5 Å². The summed E-state index contributed by atoms with van der Waals surface area (Å²) < 4.78 is 55.2. The first-order chi connectivity index (χ1) is 14.2. The number of hydrogen-bond donors (Lipinski definition) is 1. The molecular weight excluding hydrogens is 398 g/mol. The Morgan fingerprint density at radius 1 is 1.00 bits per heavy atom. The van der Waals surface area contributed by atoms with Crippen molar-refractivity contribution >= 4 is 22.6 Å². The highest BCUT2D eigenvalue weighted by molar-refractivity contribution is 6.03. The van der Waals surface area contributed by atoms with E-state index in [1.807, 2.05) is 0 Å². The largest absolute Gasteiger partial charge is 0.416 e. The van der Waals surface area contributed by atoms with Crippen LogP contribution in [0.25, 0.3) is 22.2 Å². The molecule has 2 aromatic carbocycles. The van der Waals surface area contributed by atoms with Crippen LogP contribution in [0.5, 0.6) is 0 Å².